The molecule has 4 aromatic rings. The molecule has 13 heteroatoms. The van der Waals surface area contributed by atoms with E-state index < -0.39 is 73.3 Å². The fraction of sp³-hybridized carbons (Fsp3) is 0.206. The number of aromatic hydroxyl groups is 3. The number of hydrogen-bond donors (Lipinski definition) is 5. The lowest BCUT2D eigenvalue weighted by Crippen LogP contribution is -2.61. The van der Waals surface area contributed by atoms with Gasteiger partial charge in [0.25, 0.3) is 0 Å². The quantitative estimate of drug-likeness (QED) is 0.0958. The molecule has 0 aliphatic carbocycles. The Morgan fingerprint density at radius 1 is 0.702 bits per heavy atom. The first-order valence-electron chi connectivity index (χ1n) is 14.3. The molecule has 0 aromatic heterocycles. The first-order valence-corrected chi connectivity index (χ1v) is 14.3. The van der Waals surface area contributed by atoms with Crippen molar-refractivity contribution in [3.8, 4) is 23.0 Å². The maximum atomic E-state index is 13.0. The van der Waals surface area contributed by atoms with E-state index in [1.807, 2.05) is 0 Å². The van der Waals surface area contributed by atoms with Gasteiger partial charge in [0.1, 0.15) is 48.6 Å². The fourth-order valence-electron chi connectivity index (χ4n) is 4.68. The van der Waals surface area contributed by atoms with Crippen LogP contribution in [-0.2, 0) is 25.6 Å². The molecule has 5 atom stereocenters. The van der Waals surface area contributed by atoms with E-state index in [0.717, 1.165) is 0 Å². The molecule has 5 N–H and O–H groups in total. The average Bonchev–Trinajstić information content (AvgIpc) is 3.08. The third kappa shape index (κ3) is 7.79. The molecular formula is C34H30O13. The van der Waals surface area contributed by atoms with Gasteiger partial charge in [0.15, 0.2) is 17.6 Å². The Kier molecular flexibility index (Phi) is 10.2. The first kappa shape index (κ1) is 32.8. The summed E-state index contributed by atoms with van der Waals surface area (Å²) < 4.78 is 28.0. The molecule has 1 aliphatic rings. The molecule has 0 unspecified atom stereocenters. The van der Waals surface area contributed by atoms with Crippen LogP contribution >= 0.6 is 0 Å². The van der Waals surface area contributed by atoms with Crippen LogP contribution in [0.1, 0.15) is 36.6 Å². The molecule has 0 amide bonds. The molecule has 1 heterocycles. The van der Waals surface area contributed by atoms with Crippen LogP contribution in [-0.4, -0.2) is 80.8 Å². The molecule has 244 valence electrons. The van der Waals surface area contributed by atoms with Crippen molar-refractivity contribution in [3.63, 3.8) is 0 Å². The minimum absolute atomic E-state index is 0.0508. The van der Waals surface area contributed by atoms with Crippen molar-refractivity contribution in [1.82, 2.24) is 0 Å². The van der Waals surface area contributed by atoms with Crippen molar-refractivity contribution in [2.24, 2.45) is 0 Å². The largest absolute Gasteiger partial charge is 0.508 e. The summed E-state index contributed by atoms with van der Waals surface area (Å²) in [6.07, 6.45) is -8.06. The highest BCUT2D eigenvalue weighted by molar-refractivity contribution is 5.93. The van der Waals surface area contributed by atoms with Crippen LogP contribution in [0, 0.1) is 0 Å². The Labute approximate surface area is 267 Å². The average molecular weight is 647 g/mol. The molecule has 1 fully saturated rings. The Balaban J connectivity index is 1.38. The number of ether oxygens (including phenoxy) is 5. The molecule has 1 saturated heterocycles. The number of benzene rings is 4. The SMILES string of the molecule is O=C(OC[C@H]1O[C@@H](Oc2ccc(O)cc2COC(=O)c2cccc(O)c2O)[C@H](OC(=O)c2ccccc2)[C@@H](O)[C@@H]1O)c1ccccc1. The van der Waals surface area contributed by atoms with Gasteiger partial charge in [-0.05, 0) is 54.6 Å². The van der Waals surface area contributed by atoms with E-state index in [4.69, 9.17) is 23.7 Å². The van der Waals surface area contributed by atoms with Crippen molar-refractivity contribution < 1.29 is 63.6 Å². The highest BCUT2D eigenvalue weighted by Gasteiger charge is 2.49. The Bertz CT molecular complexity index is 1710. The zero-order valence-corrected chi connectivity index (χ0v) is 24.5. The monoisotopic (exact) mass is 646 g/mol. The van der Waals surface area contributed by atoms with Crippen molar-refractivity contribution in [2.75, 3.05) is 6.61 Å². The normalized spacial score (nSPS) is 20.5. The number of para-hydroxylation sites is 1. The van der Waals surface area contributed by atoms with Gasteiger partial charge >= 0.3 is 17.9 Å². The highest BCUT2D eigenvalue weighted by Crippen LogP contribution is 2.33. The van der Waals surface area contributed by atoms with Gasteiger partial charge in [-0.2, -0.15) is 0 Å². The number of hydrogen-bond acceptors (Lipinski definition) is 13. The highest BCUT2D eigenvalue weighted by atomic mass is 16.7. The fourth-order valence-corrected chi connectivity index (χ4v) is 4.68. The van der Waals surface area contributed by atoms with E-state index >= 15 is 0 Å². The molecule has 0 radical (unpaired) electrons. The van der Waals surface area contributed by atoms with E-state index in [9.17, 15) is 39.9 Å². The topological polar surface area (TPSA) is 199 Å². The summed E-state index contributed by atoms with van der Waals surface area (Å²) in [4.78, 5) is 38.2. The summed E-state index contributed by atoms with van der Waals surface area (Å²) in [5.41, 5.74) is 0.144. The number of aliphatic hydroxyl groups excluding tert-OH is 2. The second kappa shape index (κ2) is 14.6. The lowest BCUT2D eigenvalue weighted by molar-refractivity contribution is -0.276. The number of rotatable bonds is 10. The second-order valence-electron chi connectivity index (χ2n) is 10.4. The number of phenols is 3. The van der Waals surface area contributed by atoms with Gasteiger partial charge in [-0.15, -0.1) is 0 Å². The number of esters is 3. The molecule has 5 rings (SSSR count). The van der Waals surface area contributed by atoms with Gasteiger partial charge in [0.05, 0.1) is 11.1 Å². The zero-order chi connectivity index (χ0) is 33.5. The summed E-state index contributed by atoms with van der Waals surface area (Å²) in [7, 11) is 0. The van der Waals surface area contributed by atoms with Crippen LogP contribution in [0.3, 0.4) is 0 Å². The lowest BCUT2D eigenvalue weighted by atomic mass is 9.98. The predicted octanol–water partition coefficient (Wildman–Crippen LogP) is 3.07. The van der Waals surface area contributed by atoms with Crippen molar-refractivity contribution in [2.45, 2.75) is 37.3 Å². The third-order valence-corrected chi connectivity index (χ3v) is 7.17. The smallest absolute Gasteiger partial charge is 0.342 e. The van der Waals surface area contributed by atoms with Crippen molar-refractivity contribution in [3.05, 3.63) is 119 Å². The minimum atomic E-state index is -1.78. The maximum absolute atomic E-state index is 13.0. The minimum Gasteiger partial charge on any atom is -0.508 e. The van der Waals surface area contributed by atoms with Crippen LogP contribution in [0.4, 0.5) is 0 Å². The predicted molar refractivity (Wildman–Crippen MR) is 161 cm³/mol. The van der Waals surface area contributed by atoms with Crippen LogP contribution in [0.2, 0.25) is 0 Å². The van der Waals surface area contributed by atoms with Crippen molar-refractivity contribution >= 4 is 17.9 Å². The van der Waals surface area contributed by atoms with E-state index in [1.165, 1.54) is 60.7 Å². The van der Waals surface area contributed by atoms with Gasteiger partial charge in [-0.25, -0.2) is 14.4 Å². The van der Waals surface area contributed by atoms with Gasteiger partial charge in [-0.1, -0.05) is 42.5 Å². The molecule has 0 bridgehead atoms. The van der Waals surface area contributed by atoms with Crippen LogP contribution < -0.4 is 4.74 Å². The lowest BCUT2D eigenvalue weighted by Gasteiger charge is -2.41. The number of carbonyl (C=O) groups is 3. The molecule has 0 spiro atoms. The van der Waals surface area contributed by atoms with E-state index in [-0.39, 0.29) is 33.8 Å². The standard InChI is InChI=1S/C34H30O13/c35-22-14-15-25(21(16-22)17-43-33(42)23-12-7-13-24(36)27(23)37)45-34-30(47-32(41)20-10-5-2-6-11-20)29(39)28(38)26(46-34)18-44-31(40)19-8-3-1-4-9-19/h1-16,26,28-30,34-39H,17-18H2/t26-,28-,29+,30-,34-/m1/s1. The first-order chi connectivity index (χ1) is 22.6. The zero-order valence-electron chi connectivity index (χ0n) is 24.5. The molecule has 47 heavy (non-hydrogen) atoms. The summed E-state index contributed by atoms with van der Waals surface area (Å²) in [5.74, 6) is -4.09. The maximum Gasteiger partial charge on any atom is 0.342 e. The number of aliphatic hydroxyl groups is 2. The molecular weight excluding hydrogens is 616 g/mol. The number of carbonyl (C=O) groups excluding carboxylic acids is 3. The van der Waals surface area contributed by atoms with E-state index in [0.29, 0.717) is 0 Å². The van der Waals surface area contributed by atoms with Crippen LogP contribution in [0.25, 0.3) is 0 Å². The van der Waals surface area contributed by atoms with E-state index in [2.05, 4.69) is 0 Å². The summed E-state index contributed by atoms with van der Waals surface area (Å²) in [6.45, 7) is -1.03. The van der Waals surface area contributed by atoms with Gasteiger partial charge < -0.3 is 49.2 Å². The molecule has 0 saturated carbocycles. The second-order valence-corrected chi connectivity index (χ2v) is 10.4. The van der Waals surface area contributed by atoms with Gasteiger partial charge in [0, 0.05) is 5.56 Å². The molecule has 4 aromatic carbocycles. The summed E-state index contributed by atoms with van der Waals surface area (Å²) >= 11 is 0. The molecule has 1 aliphatic heterocycles. The Morgan fingerprint density at radius 2 is 1.36 bits per heavy atom. The van der Waals surface area contributed by atoms with Gasteiger partial charge in [-0.3, -0.25) is 0 Å². The van der Waals surface area contributed by atoms with E-state index in [1.54, 1.807) is 36.4 Å². The van der Waals surface area contributed by atoms with Gasteiger partial charge in [0.2, 0.25) is 6.29 Å². The van der Waals surface area contributed by atoms with Crippen LogP contribution in [0.5, 0.6) is 23.0 Å². The molecule has 13 nitrogen and oxygen atoms in total. The summed E-state index contributed by atoms with van der Waals surface area (Å²) in [5, 5.41) is 51.9. The number of phenolic OH excluding ortho intramolecular Hbond substituents is 3. The summed E-state index contributed by atoms with van der Waals surface area (Å²) in [6, 6.07) is 23.4. The Hall–Kier alpha value is -5.63. The van der Waals surface area contributed by atoms with Crippen molar-refractivity contribution in [1.29, 1.82) is 0 Å². The Morgan fingerprint density at radius 3 is 2.04 bits per heavy atom. The third-order valence-electron chi connectivity index (χ3n) is 7.17. The van der Waals surface area contributed by atoms with Crippen LogP contribution in [0.15, 0.2) is 97.1 Å².